The zero-order valence-corrected chi connectivity index (χ0v) is 16.7. The van der Waals surface area contributed by atoms with Crippen LogP contribution >= 0.6 is 0 Å². The zero-order valence-electron chi connectivity index (χ0n) is 16.7. The zero-order chi connectivity index (χ0) is 20.6. The number of amides is 1. The number of nitrogens with two attached hydrogens (primary N) is 1. The van der Waals surface area contributed by atoms with Crippen LogP contribution in [0.4, 0.5) is 10.2 Å². The molecule has 0 aliphatic heterocycles. The van der Waals surface area contributed by atoms with Crippen molar-refractivity contribution in [3.8, 4) is 0 Å². The topological polar surface area (TPSA) is 87.0 Å². The van der Waals surface area contributed by atoms with Crippen LogP contribution in [0.3, 0.4) is 0 Å². The van der Waals surface area contributed by atoms with E-state index in [1.807, 2.05) is 6.20 Å². The lowest BCUT2D eigenvalue weighted by Crippen LogP contribution is -2.31. The summed E-state index contributed by atoms with van der Waals surface area (Å²) in [7, 11) is 0. The van der Waals surface area contributed by atoms with Gasteiger partial charge in [-0.25, -0.2) is 9.37 Å². The number of H-pyrrole nitrogens is 1. The average Bonchev–Trinajstić information content (AvgIpc) is 3.10. The van der Waals surface area contributed by atoms with Gasteiger partial charge in [-0.15, -0.1) is 0 Å². The van der Waals surface area contributed by atoms with Crippen molar-refractivity contribution in [1.29, 1.82) is 0 Å². The van der Waals surface area contributed by atoms with Crippen LogP contribution in [-0.2, 0) is 6.42 Å². The molecule has 1 amide bonds. The highest BCUT2D eigenvalue weighted by molar-refractivity contribution is 5.97. The summed E-state index contributed by atoms with van der Waals surface area (Å²) >= 11 is 0. The minimum Gasteiger partial charge on any atom is -0.368 e. The number of carbonyl (C=O) groups is 1. The second-order valence-electron chi connectivity index (χ2n) is 7.14. The van der Waals surface area contributed by atoms with Gasteiger partial charge in [-0.2, -0.15) is 0 Å². The van der Waals surface area contributed by atoms with Gasteiger partial charge in [-0.1, -0.05) is 6.92 Å². The molecular formula is C22H28FN5O. The molecule has 2 aromatic heterocycles. The number of aromatic nitrogens is 2. The Morgan fingerprint density at radius 1 is 1.28 bits per heavy atom. The van der Waals surface area contributed by atoms with Gasteiger partial charge in [0.05, 0.1) is 5.56 Å². The predicted molar refractivity (Wildman–Crippen MR) is 115 cm³/mol. The molecule has 0 aliphatic carbocycles. The van der Waals surface area contributed by atoms with Gasteiger partial charge in [0.15, 0.2) is 0 Å². The number of benzene rings is 1. The Kier molecular flexibility index (Phi) is 7.19. The Morgan fingerprint density at radius 3 is 2.93 bits per heavy atom. The molecule has 0 fully saturated rings. The van der Waals surface area contributed by atoms with E-state index in [0.717, 1.165) is 55.4 Å². The molecular weight excluding hydrogens is 369 g/mol. The predicted octanol–water partition coefficient (Wildman–Crippen LogP) is 3.56. The van der Waals surface area contributed by atoms with Gasteiger partial charge in [-0.05, 0) is 68.2 Å². The van der Waals surface area contributed by atoms with E-state index in [1.54, 1.807) is 30.5 Å². The number of hydrogen-bond donors (Lipinski definition) is 3. The van der Waals surface area contributed by atoms with Crippen LogP contribution in [0, 0.1) is 5.82 Å². The molecule has 1 aromatic carbocycles. The fraction of sp³-hybridized carbons (Fsp3) is 0.364. The molecule has 0 bridgehead atoms. The molecule has 0 saturated carbocycles. The molecule has 29 heavy (non-hydrogen) atoms. The first-order valence-corrected chi connectivity index (χ1v) is 10.0. The molecule has 3 rings (SSSR count). The summed E-state index contributed by atoms with van der Waals surface area (Å²) in [5.41, 5.74) is 7.92. The number of primary amides is 1. The Hall–Kier alpha value is -2.93. The van der Waals surface area contributed by atoms with Crippen molar-refractivity contribution < 1.29 is 9.18 Å². The van der Waals surface area contributed by atoms with Crippen LogP contribution in [-0.4, -0.2) is 47.0 Å². The van der Waals surface area contributed by atoms with E-state index in [2.05, 4.69) is 27.1 Å². The monoisotopic (exact) mass is 397 g/mol. The lowest BCUT2D eigenvalue weighted by molar-refractivity contribution is 0.100. The number of rotatable bonds is 11. The third-order valence-corrected chi connectivity index (χ3v) is 4.98. The summed E-state index contributed by atoms with van der Waals surface area (Å²) in [6, 6.07) is 8.22. The Bertz CT molecular complexity index is 955. The van der Waals surface area contributed by atoms with E-state index in [-0.39, 0.29) is 5.82 Å². The number of halogens is 1. The highest BCUT2D eigenvalue weighted by Gasteiger charge is 2.10. The van der Waals surface area contributed by atoms with Gasteiger partial charge in [0.2, 0.25) is 0 Å². The van der Waals surface area contributed by atoms with Crippen molar-refractivity contribution in [3.05, 3.63) is 59.7 Å². The lowest BCUT2D eigenvalue weighted by atomic mass is 10.1. The van der Waals surface area contributed by atoms with Gasteiger partial charge in [0.1, 0.15) is 11.6 Å². The first kappa shape index (κ1) is 20.8. The second-order valence-corrected chi connectivity index (χ2v) is 7.14. The van der Waals surface area contributed by atoms with Crippen molar-refractivity contribution in [2.24, 2.45) is 5.73 Å². The first-order chi connectivity index (χ1) is 14.1. The van der Waals surface area contributed by atoms with Gasteiger partial charge in [0, 0.05) is 36.4 Å². The van der Waals surface area contributed by atoms with Gasteiger partial charge >= 0.3 is 0 Å². The summed E-state index contributed by atoms with van der Waals surface area (Å²) in [5.74, 6) is -0.166. The lowest BCUT2D eigenvalue weighted by Gasteiger charge is -2.22. The van der Waals surface area contributed by atoms with Crippen molar-refractivity contribution in [1.82, 2.24) is 14.9 Å². The first-order valence-electron chi connectivity index (χ1n) is 10.0. The fourth-order valence-corrected chi connectivity index (χ4v) is 3.58. The molecule has 0 atom stereocenters. The van der Waals surface area contributed by atoms with Crippen LogP contribution in [0.25, 0.3) is 10.9 Å². The molecule has 0 saturated heterocycles. The summed E-state index contributed by atoms with van der Waals surface area (Å²) in [4.78, 5) is 21.3. The quantitative estimate of drug-likeness (QED) is 0.462. The van der Waals surface area contributed by atoms with Crippen LogP contribution < -0.4 is 11.1 Å². The number of aryl methyl sites for hydroxylation is 1. The van der Waals surface area contributed by atoms with E-state index in [1.165, 1.54) is 6.07 Å². The minimum atomic E-state index is -0.485. The molecule has 2 heterocycles. The maximum absolute atomic E-state index is 13.5. The maximum atomic E-state index is 13.5. The van der Waals surface area contributed by atoms with Crippen molar-refractivity contribution >= 4 is 22.6 Å². The minimum absolute atomic E-state index is 0.207. The maximum Gasteiger partial charge on any atom is 0.252 e. The van der Waals surface area contributed by atoms with Crippen molar-refractivity contribution in [2.45, 2.75) is 26.2 Å². The Balaban J connectivity index is 1.51. The Labute approximate surface area is 170 Å². The third-order valence-electron chi connectivity index (χ3n) is 4.98. The number of hydrogen-bond acceptors (Lipinski definition) is 4. The molecule has 6 nitrogen and oxygen atoms in total. The summed E-state index contributed by atoms with van der Waals surface area (Å²) in [5, 5.41) is 4.18. The number of pyridine rings is 1. The Morgan fingerprint density at radius 2 is 2.14 bits per heavy atom. The SMILES string of the molecule is CCCN(CCCc1c[nH]c2ccc(F)cc12)CCNc1ncccc1C(N)=O. The number of carbonyl (C=O) groups excluding carboxylic acids is 1. The standard InChI is InChI=1S/C22H28FN5O/c1-2-11-28(13-10-26-22-18(21(24)29)6-3-9-25-22)12-4-5-16-15-27-20-8-7-17(23)14-19(16)20/h3,6-9,14-15,27H,2,4-5,10-13H2,1H3,(H2,24,29)(H,25,26). The number of nitrogens with zero attached hydrogens (tertiary/aromatic N) is 2. The molecule has 0 spiro atoms. The second kappa shape index (κ2) is 10.0. The molecule has 0 aliphatic rings. The van der Waals surface area contributed by atoms with Gasteiger partial charge in [-0.3, -0.25) is 4.79 Å². The van der Waals surface area contributed by atoms with E-state index in [0.29, 0.717) is 17.9 Å². The van der Waals surface area contributed by atoms with Gasteiger partial charge < -0.3 is 20.9 Å². The number of fused-ring (bicyclic) bond motifs is 1. The highest BCUT2D eigenvalue weighted by atomic mass is 19.1. The van der Waals surface area contributed by atoms with Crippen LogP contribution in [0.5, 0.6) is 0 Å². The van der Waals surface area contributed by atoms with E-state index >= 15 is 0 Å². The van der Waals surface area contributed by atoms with Gasteiger partial charge in [0.25, 0.3) is 5.91 Å². The largest absolute Gasteiger partial charge is 0.368 e. The summed E-state index contributed by atoms with van der Waals surface area (Å²) in [6.45, 7) is 5.62. The number of nitrogens with one attached hydrogen (secondary N) is 2. The van der Waals surface area contributed by atoms with Crippen molar-refractivity contribution in [2.75, 3.05) is 31.5 Å². The average molecular weight is 397 g/mol. The third kappa shape index (κ3) is 5.54. The highest BCUT2D eigenvalue weighted by Crippen LogP contribution is 2.20. The normalized spacial score (nSPS) is 11.3. The van der Waals surface area contributed by atoms with E-state index in [4.69, 9.17) is 5.73 Å². The summed E-state index contributed by atoms with van der Waals surface area (Å²) in [6.07, 6.45) is 6.56. The summed E-state index contributed by atoms with van der Waals surface area (Å²) < 4.78 is 13.5. The molecule has 154 valence electrons. The van der Waals surface area contributed by atoms with E-state index in [9.17, 15) is 9.18 Å². The molecule has 4 N–H and O–H groups in total. The molecule has 3 aromatic rings. The fourth-order valence-electron chi connectivity index (χ4n) is 3.58. The number of aromatic amines is 1. The van der Waals surface area contributed by atoms with Crippen LogP contribution in [0.15, 0.2) is 42.7 Å². The number of anilines is 1. The molecule has 0 radical (unpaired) electrons. The van der Waals surface area contributed by atoms with Crippen LogP contribution in [0.2, 0.25) is 0 Å². The van der Waals surface area contributed by atoms with Crippen molar-refractivity contribution in [3.63, 3.8) is 0 Å². The van der Waals surface area contributed by atoms with E-state index < -0.39 is 5.91 Å². The smallest absolute Gasteiger partial charge is 0.252 e. The van der Waals surface area contributed by atoms with Crippen LogP contribution in [0.1, 0.15) is 35.7 Å². The molecule has 7 heteroatoms. The molecule has 0 unspecified atom stereocenters.